The van der Waals surface area contributed by atoms with Crippen LogP contribution in [0.4, 0.5) is 0 Å². The van der Waals surface area contributed by atoms with Crippen molar-refractivity contribution in [3.05, 3.63) is 86.7 Å². The van der Waals surface area contributed by atoms with Gasteiger partial charge in [-0.25, -0.2) is 14.8 Å². The van der Waals surface area contributed by atoms with Crippen LogP contribution in [0.15, 0.2) is 58.6 Å². The molecule has 3 aromatic heterocycles. The maximum atomic E-state index is 13.7. The molecule has 1 saturated carbocycles. The average molecular weight is 474 g/mol. The van der Waals surface area contributed by atoms with Crippen molar-refractivity contribution in [2.24, 2.45) is 5.92 Å². The zero-order valence-corrected chi connectivity index (χ0v) is 19.6. The number of aromatic nitrogens is 6. The first-order valence-corrected chi connectivity index (χ1v) is 11.8. The first kappa shape index (κ1) is 22.7. The molecule has 0 saturated heterocycles. The van der Waals surface area contributed by atoms with Crippen molar-refractivity contribution in [2.75, 3.05) is 0 Å². The van der Waals surface area contributed by atoms with Crippen LogP contribution in [-0.2, 0) is 13.1 Å². The van der Waals surface area contributed by atoms with Gasteiger partial charge >= 0.3 is 5.69 Å². The van der Waals surface area contributed by atoms with Crippen molar-refractivity contribution < 1.29 is 4.79 Å². The van der Waals surface area contributed by atoms with E-state index in [1.165, 1.54) is 10.9 Å². The fraction of sp³-hybridized carbons (Fsp3) is 0.360. The second-order valence-electron chi connectivity index (χ2n) is 9.39. The SMILES string of the molecule is CC(C)Cn1c(=O)[nH]c(=O)c2c(C(=O)NC(Cn3cncn3)c3ccccc3)cc(C3CC3)nc21. The number of carbonyl (C=O) groups is 1. The van der Waals surface area contributed by atoms with E-state index in [2.05, 4.69) is 20.4 Å². The molecule has 180 valence electrons. The number of pyridine rings is 1. The van der Waals surface area contributed by atoms with Crippen LogP contribution in [0.5, 0.6) is 0 Å². The molecule has 0 bridgehead atoms. The summed E-state index contributed by atoms with van der Waals surface area (Å²) in [5.74, 6) is -0.0305. The Morgan fingerprint density at radius 2 is 1.94 bits per heavy atom. The largest absolute Gasteiger partial charge is 0.343 e. The minimum absolute atomic E-state index is 0.125. The lowest BCUT2D eigenvalue weighted by molar-refractivity contribution is 0.0933. The number of H-pyrrole nitrogens is 1. The highest BCUT2D eigenvalue weighted by Gasteiger charge is 2.29. The molecule has 10 nitrogen and oxygen atoms in total. The first-order valence-electron chi connectivity index (χ1n) is 11.8. The normalized spacial score (nSPS) is 14.4. The molecule has 2 N–H and O–H groups in total. The van der Waals surface area contributed by atoms with E-state index in [4.69, 9.17) is 4.98 Å². The number of nitrogens with zero attached hydrogens (tertiary/aromatic N) is 5. The van der Waals surface area contributed by atoms with Crippen molar-refractivity contribution in [2.45, 2.75) is 51.7 Å². The predicted molar refractivity (Wildman–Crippen MR) is 130 cm³/mol. The summed E-state index contributed by atoms with van der Waals surface area (Å²) in [7, 11) is 0. The number of nitrogens with one attached hydrogen (secondary N) is 2. The van der Waals surface area contributed by atoms with E-state index >= 15 is 0 Å². The predicted octanol–water partition coefficient (Wildman–Crippen LogP) is 2.38. The smallest absolute Gasteiger partial charge is 0.330 e. The van der Waals surface area contributed by atoms with E-state index in [1.807, 2.05) is 44.2 Å². The van der Waals surface area contributed by atoms with Gasteiger partial charge in [-0.15, -0.1) is 0 Å². The van der Waals surface area contributed by atoms with Gasteiger partial charge in [-0.2, -0.15) is 5.10 Å². The Labute approximate surface area is 201 Å². The molecule has 35 heavy (non-hydrogen) atoms. The van der Waals surface area contributed by atoms with Crippen molar-refractivity contribution in [1.29, 1.82) is 0 Å². The van der Waals surface area contributed by atoms with Gasteiger partial charge in [0.25, 0.3) is 11.5 Å². The third-order valence-electron chi connectivity index (χ3n) is 6.10. The van der Waals surface area contributed by atoms with E-state index in [1.54, 1.807) is 17.1 Å². The van der Waals surface area contributed by atoms with E-state index in [-0.39, 0.29) is 28.4 Å². The van der Waals surface area contributed by atoms with Crippen molar-refractivity contribution in [3.8, 4) is 0 Å². The Bertz CT molecular complexity index is 1470. The Kier molecular flexibility index (Phi) is 6.02. The Morgan fingerprint density at radius 1 is 1.17 bits per heavy atom. The van der Waals surface area contributed by atoms with Crippen LogP contribution in [0.3, 0.4) is 0 Å². The molecule has 0 radical (unpaired) electrons. The summed E-state index contributed by atoms with van der Waals surface area (Å²) in [5.41, 5.74) is 0.971. The monoisotopic (exact) mass is 473 g/mol. The molecule has 1 aliphatic carbocycles. The molecule has 4 aromatic rings. The molecular formula is C25H27N7O3. The van der Waals surface area contributed by atoms with Gasteiger partial charge in [0.2, 0.25) is 0 Å². The lowest BCUT2D eigenvalue weighted by atomic mass is 10.0. The Hall–Kier alpha value is -4.08. The maximum absolute atomic E-state index is 13.7. The quantitative estimate of drug-likeness (QED) is 0.404. The van der Waals surface area contributed by atoms with Gasteiger partial charge in [0, 0.05) is 18.2 Å². The molecule has 3 heterocycles. The van der Waals surface area contributed by atoms with Crippen molar-refractivity contribution in [1.82, 2.24) is 34.6 Å². The summed E-state index contributed by atoms with van der Waals surface area (Å²) in [5, 5.41) is 7.37. The molecule has 1 fully saturated rings. The molecule has 1 unspecified atom stereocenters. The minimum atomic E-state index is -0.613. The maximum Gasteiger partial charge on any atom is 0.330 e. The molecule has 10 heteroatoms. The number of hydrogen-bond donors (Lipinski definition) is 2. The van der Waals surface area contributed by atoms with Crippen LogP contribution >= 0.6 is 0 Å². The minimum Gasteiger partial charge on any atom is -0.343 e. The third kappa shape index (κ3) is 4.77. The number of carbonyl (C=O) groups excluding carboxylic acids is 1. The zero-order chi connectivity index (χ0) is 24.5. The number of benzene rings is 1. The number of rotatable bonds is 8. The molecule has 1 aliphatic rings. The fourth-order valence-electron chi connectivity index (χ4n) is 4.27. The summed E-state index contributed by atoms with van der Waals surface area (Å²) in [4.78, 5) is 50.4. The van der Waals surface area contributed by atoms with Gasteiger partial charge < -0.3 is 5.32 Å². The number of fused-ring (bicyclic) bond motifs is 1. The summed E-state index contributed by atoms with van der Waals surface area (Å²) >= 11 is 0. The number of aromatic amines is 1. The standard InChI is InChI=1S/C25H27N7O3/c1-15(2)11-32-22-21(24(34)30-25(32)35)18(10-19(28-22)17-8-9-17)23(33)29-20(12-31-14-26-13-27-31)16-6-4-3-5-7-16/h3-7,10,13-15,17,20H,8-9,11-12H2,1-2H3,(H,29,33)(H,30,34,35). The van der Waals surface area contributed by atoms with Crippen LogP contribution in [0.25, 0.3) is 11.0 Å². The first-order chi connectivity index (χ1) is 16.9. The van der Waals surface area contributed by atoms with E-state index in [0.29, 0.717) is 13.1 Å². The second kappa shape index (κ2) is 9.28. The lowest BCUT2D eigenvalue weighted by Gasteiger charge is -2.20. The van der Waals surface area contributed by atoms with Crippen molar-refractivity contribution in [3.63, 3.8) is 0 Å². The molecule has 1 atom stereocenters. The molecular weight excluding hydrogens is 446 g/mol. The highest BCUT2D eigenvalue weighted by Crippen LogP contribution is 2.40. The van der Waals surface area contributed by atoms with Gasteiger partial charge in [-0.3, -0.25) is 23.8 Å². The lowest BCUT2D eigenvalue weighted by Crippen LogP contribution is -2.36. The topological polar surface area (TPSA) is 128 Å². The van der Waals surface area contributed by atoms with Crippen LogP contribution in [0.1, 0.15) is 60.3 Å². The average Bonchev–Trinajstić information content (AvgIpc) is 3.57. The summed E-state index contributed by atoms with van der Waals surface area (Å²) in [6.45, 7) is 4.71. The van der Waals surface area contributed by atoms with Gasteiger partial charge in [0.15, 0.2) is 5.65 Å². The number of amides is 1. The molecule has 0 aliphatic heterocycles. The van der Waals surface area contributed by atoms with Crippen LogP contribution in [0.2, 0.25) is 0 Å². The second-order valence-corrected chi connectivity index (χ2v) is 9.39. The van der Waals surface area contributed by atoms with Gasteiger partial charge in [-0.1, -0.05) is 44.2 Å². The van der Waals surface area contributed by atoms with Crippen LogP contribution in [0, 0.1) is 5.92 Å². The zero-order valence-electron chi connectivity index (χ0n) is 19.6. The van der Waals surface area contributed by atoms with Crippen molar-refractivity contribution >= 4 is 16.9 Å². The summed E-state index contributed by atoms with van der Waals surface area (Å²) in [6, 6.07) is 10.8. The van der Waals surface area contributed by atoms with Gasteiger partial charge in [0.1, 0.15) is 12.7 Å². The highest BCUT2D eigenvalue weighted by molar-refractivity contribution is 6.05. The summed E-state index contributed by atoms with van der Waals surface area (Å²) < 4.78 is 3.11. The Morgan fingerprint density at radius 3 is 2.60 bits per heavy atom. The Balaban J connectivity index is 1.61. The molecule has 5 rings (SSSR count). The van der Waals surface area contributed by atoms with Gasteiger partial charge in [0.05, 0.1) is 23.5 Å². The van der Waals surface area contributed by atoms with E-state index in [9.17, 15) is 14.4 Å². The van der Waals surface area contributed by atoms with E-state index in [0.717, 1.165) is 24.1 Å². The highest BCUT2D eigenvalue weighted by atomic mass is 16.2. The summed E-state index contributed by atoms with van der Waals surface area (Å²) in [6.07, 6.45) is 4.96. The van der Waals surface area contributed by atoms with E-state index < -0.39 is 23.2 Å². The molecule has 0 spiro atoms. The molecule has 1 amide bonds. The fourth-order valence-corrected chi connectivity index (χ4v) is 4.27. The van der Waals surface area contributed by atoms with Crippen LogP contribution < -0.4 is 16.6 Å². The number of hydrogen-bond acceptors (Lipinski definition) is 6. The van der Waals surface area contributed by atoms with Crippen LogP contribution in [-0.4, -0.2) is 35.2 Å². The third-order valence-corrected chi connectivity index (χ3v) is 6.10. The molecule has 1 aromatic carbocycles. The van der Waals surface area contributed by atoms with Gasteiger partial charge in [-0.05, 0) is 30.4 Å².